The molecule has 1 aliphatic rings. The zero-order valence-corrected chi connectivity index (χ0v) is 8.10. The molecule has 0 aliphatic carbocycles. The molecule has 1 aliphatic heterocycles. The Bertz CT molecular complexity index is 322. The number of hydrogen-bond acceptors (Lipinski definition) is 4. The van der Waals surface area contributed by atoms with E-state index in [4.69, 9.17) is 9.68 Å². The molecule has 0 bridgehead atoms. The average molecular weight is 191 g/mol. The van der Waals surface area contributed by atoms with Gasteiger partial charge in [-0.25, -0.2) is 0 Å². The Hall–Kier alpha value is -1.31. The van der Waals surface area contributed by atoms with E-state index in [2.05, 4.69) is 16.3 Å². The molecule has 0 spiro atoms. The quantitative estimate of drug-likeness (QED) is 0.766. The van der Waals surface area contributed by atoms with Gasteiger partial charge in [-0.2, -0.15) is 5.26 Å². The number of likely N-dealkylation sites (N-methyl/N-ethyl adjacent to an activating group) is 1. The molecule has 4 nitrogen and oxygen atoms in total. The monoisotopic (exact) mass is 191 g/mol. The molecule has 0 saturated carbocycles. The largest absolute Gasteiger partial charge is 0.467 e. The Morgan fingerprint density at radius 1 is 1.71 bits per heavy atom. The van der Waals surface area contributed by atoms with Gasteiger partial charge in [0.25, 0.3) is 0 Å². The zero-order chi connectivity index (χ0) is 9.97. The van der Waals surface area contributed by atoms with E-state index < -0.39 is 0 Å². The summed E-state index contributed by atoms with van der Waals surface area (Å²) in [5.41, 5.74) is 0. The Kier molecular flexibility index (Phi) is 2.53. The Morgan fingerprint density at radius 2 is 2.50 bits per heavy atom. The molecule has 1 fully saturated rings. The van der Waals surface area contributed by atoms with Gasteiger partial charge in [0.1, 0.15) is 5.76 Å². The zero-order valence-electron chi connectivity index (χ0n) is 8.10. The third kappa shape index (κ3) is 1.52. The highest BCUT2D eigenvalue weighted by Crippen LogP contribution is 2.25. The van der Waals surface area contributed by atoms with E-state index in [9.17, 15) is 0 Å². The van der Waals surface area contributed by atoms with Crippen LogP contribution in [0.5, 0.6) is 0 Å². The summed E-state index contributed by atoms with van der Waals surface area (Å²) in [6.07, 6.45) is 1.61. The Morgan fingerprint density at radius 3 is 3.00 bits per heavy atom. The Labute approximate surface area is 83.1 Å². The van der Waals surface area contributed by atoms with Crippen LogP contribution >= 0.6 is 0 Å². The molecule has 1 atom stereocenters. The van der Waals surface area contributed by atoms with Crippen molar-refractivity contribution in [3.05, 3.63) is 24.2 Å². The number of rotatable bonds is 3. The van der Waals surface area contributed by atoms with Crippen LogP contribution in [0.3, 0.4) is 0 Å². The molecule has 2 heterocycles. The first-order chi connectivity index (χ1) is 6.85. The van der Waals surface area contributed by atoms with Gasteiger partial charge in [-0.1, -0.05) is 0 Å². The van der Waals surface area contributed by atoms with E-state index in [1.165, 1.54) is 0 Å². The van der Waals surface area contributed by atoms with E-state index in [1.807, 2.05) is 19.2 Å². The molecule has 14 heavy (non-hydrogen) atoms. The Balaban J connectivity index is 2.00. The highest BCUT2D eigenvalue weighted by atomic mass is 16.3. The summed E-state index contributed by atoms with van der Waals surface area (Å²) in [4.78, 5) is 2.10. The maximum atomic E-state index is 9.02. The lowest BCUT2D eigenvalue weighted by atomic mass is 10.0. The third-order valence-electron chi connectivity index (χ3n) is 2.62. The first kappa shape index (κ1) is 9.25. The fourth-order valence-corrected chi connectivity index (χ4v) is 1.68. The lowest BCUT2D eigenvalue weighted by Gasteiger charge is -2.40. The van der Waals surface area contributed by atoms with Crippen molar-refractivity contribution in [2.45, 2.75) is 12.1 Å². The third-order valence-corrected chi connectivity index (χ3v) is 2.62. The molecular formula is C10H13N3O. The molecule has 0 amide bonds. The van der Waals surface area contributed by atoms with Crippen LogP contribution < -0.4 is 5.32 Å². The molecule has 74 valence electrons. The second-order valence-corrected chi connectivity index (χ2v) is 3.49. The standard InChI is InChI=1S/C10H13N3O/c1-12-8-6-13(7-8)9(5-11)10-3-2-4-14-10/h2-4,8-9,12H,6-7H2,1H3. The predicted octanol–water partition coefficient (Wildman–Crippen LogP) is 0.748. The topological polar surface area (TPSA) is 52.2 Å². The van der Waals surface area contributed by atoms with Crippen molar-refractivity contribution in [2.75, 3.05) is 20.1 Å². The van der Waals surface area contributed by atoms with Gasteiger partial charge >= 0.3 is 0 Å². The maximum Gasteiger partial charge on any atom is 0.156 e. The van der Waals surface area contributed by atoms with Gasteiger partial charge in [0, 0.05) is 19.1 Å². The average Bonchev–Trinajstić information content (AvgIpc) is 2.62. The molecule has 1 saturated heterocycles. The SMILES string of the molecule is CNC1CN(C(C#N)c2ccco2)C1. The van der Waals surface area contributed by atoms with Crippen LogP contribution in [-0.2, 0) is 0 Å². The van der Waals surface area contributed by atoms with Gasteiger partial charge in [-0.05, 0) is 19.2 Å². The normalized spacial score (nSPS) is 20.0. The van der Waals surface area contributed by atoms with Crippen molar-refractivity contribution < 1.29 is 4.42 Å². The molecule has 1 unspecified atom stereocenters. The number of furan rings is 1. The van der Waals surface area contributed by atoms with Crippen LogP contribution in [0.4, 0.5) is 0 Å². The van der Waals surface area contributed by atoms with Crippen molar-refractivity contribution in [1.82, 2.24) is 10.2 Å². The van der Waals surface area contributed by atoms with Crippen LogP contribution in [0, 0.1) is 11.3 Å². The number of nitrogens with one attached hydrogen (secondary N) is 1. The van der Waals surface area contributed by atoms with Crippen molar-refractivity contribution in [1.29, 1.82) is 5.26 Å². The summed E-state index contributed by atoms with van der Waals surface area (Å²) >= 11 is 0. The lowest BCUT2D eigenvalue weighted by molar-refractivity contribution is 0.0940. The van der Waals surface area contributed by atoms with Crippen LogP contribution in [0.2, 0.25) is 0 Å². The lowest BCUT2D eigenvalue weighted by Crippen LogP contribution is -2.57. The summed E-state index contributed by atoms with van der Waals surface area (Å²) in [7, 11) is 1.94. The molecule has 0 aromatic carbocycles. The van der Waals surface area contributed by atoms with Crippen LogP contribution in [-0.4, -0.2) is 31.1 Å². The van der Waals surface area contributed by atoms with Crippen LogP contribution in [0.25, 0.3) is 0 Å². The summed E-state index contributed by atoms with van der Waals surface area (Å²) in [6.45, 7) is 1.82. The van der Waals surface area contributed by atoms with E-state index >= 15 is 0 Å². The van der Waals surface area contributed by atoms with E-state index in [0.717, 1.165) is 18.8 Å². The van der Waals surface area contributed by atoms with Crippen molar-refractivity contribution in [2.24, 2.45) is 0 Å². The van der Waals surface area contributed by atoms with Crippen LogP contribution in [0.15, 0.2) is 22.8 Å². The van der Waals surface area contributed by atoms with E-state index in [-0.39, 0.29) is 6.04 Å². The molecule has 1 aromatic heterocycles. The molecule has 4 heteroatoms. The minimum atomic E-state index is -0.227. The highest BCUT2D eigenvalue weighted by molar-refractivity contribution is 5.14. The highest BCUT2D eigenvalue weighted by Gasteiger charge is 2.33. The minimum absolute atomic E-state index is 0.227. The number of nitrogens with zero attached hydrogens (tertiary/aromatic N) is 2. The van der Waals surface area contributed by atoms with Crippen LogP contribution in [0.1, 0.15) is 11.8 Å². The fourth-order valence-electron chi connectivity index (χ4n) is 1.68. The van der Waals surface area contributed by atoms with Crippen molar-refractivity contribution in [3.63, 3.8) is 0 Å². The van der Waals surface area contributed by atoms with Crippen molar-refractivity contribution >= 4 is 0 Å². The maximum absolute atomic E-state index is 9.02. The van der Waals surface area contributed by atoms with Gasteiger partial charge in [0.05, 0.1) is 12.3 Å². The summed E-state index contributed by atoms with van der Waals surface area (Å²) < 4.78 is 5.23. The summed E-state index contributed by atoms with van der Waals surface area (Å²) in [5.74, 6) is 0.738. The second-order valence-electron chi connectivity index (χ2n) is 3.49. The fraction of sp³-hybridized carbons (Fsp3) is 0.500. The van der Waals surface area contributed by atoms with Gasteiger partial charge in [0.2, 0.25) is 0 Å². The first-order valence-electron chi connectivity index (χ1n) is 4.69. The van der Waals surface area contributed by atoms with E-state index in [0.29, 0.717) is 6.04 Å². The molecule has 0 radical (unpaired) electrons. The number of hydrogen-bond donors (Lipinski definition) is 1. The molecule has 2 rings (SSSR count). The second kappa shape index (κ2) is 3.82. The minimum Gasteiger partial charge on any atom is -0.467 e. The summed E-state index contributed by atoms with van der Waals surface area (Å²) in [5, 5.41) is 12.2. The smallest absolute Gasteiger partial charge is 0.156 e. The number of nitriles is 1. The molecular weight excluding hydrogens is 178 g/mol. The predicted molar refractivity (Wildman–Crippen MR) is 51.5 cm³/mol. The summed E-state index contributed by atoms with van der Waals surface area (Å²) in [6, 6.07) is 6.21. The molecule has 1 N–H and O–H groups in total. The number of likely N-dealkylation sites (tertiary alicyclic amines) is 1. The van der Waals surface area contributed by atoms with Crippen molar-refractivity contribution in [3.8, 4) is 6.07 Å². The van der Waals surface area contributed by atoms with Gasteiger partial charge in [-0.15, -0.1) is 0 Å². The molecule has 1 aromatic rings. The van der Waals surface area contributed by atoms with Gasteiger partial charge in [0.15, 0.2) is 6.04 Å². The van der Waals surface area contributed by atoms with Gasteiger partial charge < -0.3 is 9.73 Å². The van der Waals surface area contributed by atoms with Gasteiger partial charge in [-0.3, -0.25) is 4.90 Å². The first-order valence-corrected chi connectivity index (χ1v) is 4.69. The van der Waals surface area contributed by atoms with E-state index in [1.54, 1.807) is 6.26 Å².